The van der Waals surface area contributed by atoms with Crippen LogP contribution in [0, 0.1) is 5.41 Å². The van der Waals surface area contributed by atoms with Crippen LogP contribution < -0.4 is 5.73 Å². The third kappa shape index (κ3) is 2.47. The molecule has 1 spiro atoms. The molecule has 1 heterocycles. The first-order valence-electron chi connectivity index (χ1n) is 8.15. The van der Waals surface area contributed by atoms with Crippen molar-refractivity contribution >= 4 is 17.2 Å². The molecule has 1 aromatic heterocycles. The van der Waals surface area contributed by atoms with E-state index >= 15 is 0 Å². The maximum absolute atomic E-state index is 12.7. The minimum Gasteiger partial charge on any atom is -0.378 e. The van der Waals surface area contributed by atoms with Crippen molar-refractivity contribution < 1.29 is 9.53 Å². The molecule has 2 N–H and O–H groups in total. The lowest BCUT2D eigenvalue weighted by molar-refractivity contribution is -0.152. The maximum atomic E-state index is 12.7. The summed E-state index contributed by atoms with van der Waals surface area (Å²) in [5.74, 6) is 0.0159. The molecule has 122 valence electrons. The Hall–Kier alpha value is -0.980. The van der Waals surface area contributed by atoms with Crippen LogP contribution in [0.1, 0.15) is 54.5 Å². The van der Waals surface area contributed by atoms with Gasteiger partial charge in [0.25, 0.3) is 5.91 Å². The van der Waals surface area contributed by atoms with Crippen LogP contribution in [0.4, 0.5) is 0 Å². The van der Waals surface area contributed by atoms with Gasteiger partial charge in [0.15, 0.2) is 0 Å². The Balaban J connectivity index is 1.74. The van der Waals surface area contributed by atoms with Crippen molar-refractivity contribution in [1.29, 1.82) is 0 Å². The average molecular weight is 323 g/mol. The van der Waals surface area contributed by atoms with Gasteiger partial charge in [-0.1, -0.05) is 12.8 Å². The number of carbonyl (C=O) groups is 1. The van der Waals surface area contributed by atoms with Crippen molar-refractivity contribution in [3.8, 4) is 0 Å². The zero-order chi connectivity index (χ0) is 15.7. The summed E-state index contributed by atoms with van der Waals surface area (Å²) in [6.45, 7) is 3.19. The highest BCUT2D eigenvalue weighted by molar-refractivity contribution is 7.09. The molecule has 3 rings (SSSR count). The monoisotopic (exact) mass is 323 g/mol. The van der Waals surface area contributed by atoms with E-state index in [2.05, 4.69) is 11.9 Å². The van der Waals surface area contributed by atoms with Gasteiger partial charge >= 0.3 is 0 Å². The van der Waals surface area contributed by atoms with Crippen LogP contribution in [-0.2, 0) is 11.3 Å². The van der Waals surface area contributed by atoms with E-state index in [1.165, 1.54) is 37.0 Å². The SMILES string of the molecule is CCOC1CC(N(C)C(=O)c2csc(CN)n2)C12CCCC2. The molecule has 2 aliphatic rings. The molecular weight excluding hydrogens is 298 g/mol. The zero-order valence-corrected chi connectivity index (χ0v) is 14.2. The first-order valence-corrected chi connectivity index (χ1v) is 9.03. The van der Waals surface area contributed by atoms with Gasteiger partial charge in [-0.2, -0.15) is 0 Å². The third-order valence-electron chi connectivity index (χ3n) is 5.38. The summed E-state index contributed by atoms with van der Waals surface area (Å²) in [5, 5.41) is 2.63. The van der Waals surface area contributed by atoms with E-state index in [9.17, 15) is 4.79 Å². The number of carbonyl (C=O) groups excluding carboxylic acids is 1. The quantitative estimate of drug-likeness (QED) is 0.903. The molecule has 2 unspecified atom stereocenters. The fraction of sp³-hybridized carbons (Fsp3) is 0.750. The van der Waals surface area contributed by atoms with Gasteiger partial charge in [-0.3, -0.25) is 4.79 Å². The molecular formula is C16H25N3O2S. The molecule has 0 saturated heterocycles. The fourth-order valence-electron chi connectivity index (χ4n) is 4.22. The second-order valence-electron chi connectivity index (χ2n) is 6.38. The van der Waals surface area contributed by atoms with Crippen molar-refractivity contribution in [3.05, 3.63) is 16.1 Å². The molecule has 6 heteroatoms. The molecule has 1 aromatic rings. The molecule has 22 heavy (non-hydrogen) atoms. The Morgan fingerprint density at radius 2 is 2.27 bits per heavy atom. The molecule has 2 aliphatic carbocycles. The number of nitrogens with two attached hydrogens (primary N) is 1. The Kier molecular flexibility index (Phi) is 4.52. The van der Waals surface area contributed by atoms with E-state index < -0.39 is 0 Å². The lowest BCUT2D eigenvalue weighted by Gasteiger charge is -2.56. The number of aromatic nitrogens is 1. The van der Waals surface area contributed by atoms with E-state index in [1.807, 2.05) is 17.3 Å². The summed E-state index contributed by atoms with van der Waals surface area (Å²) in [6.07, 6.45) is 6.10. The first-order chi connectivity index (χ1) is 10.6. The predicted octanol–water partition coefficient (Wildman–Crippen LogP) is 2.41. The van der Waals surface area contributed by atoms with Gasteiger partial charge in [0.05, 0.1) is 6.10 Å². The van der Waals surface area contributed by atoms with Gasteiger partial charge in [-0.25, -0.2) is 4.98 Å². The summed E-state index contributed by atoms with van der Waals surface area (Å²) in [6, 6.07) is 0.280. The van der Waals surface area contributed by atoms with Crippen molar-refractivity contribution in [2.45, 2.75) is 57.7 Å². The van der Waals surface area contributed by atoms with Crippen LogP contribution in [0.3, 0.4) is 0 Å². The van der Waals surface area contributed by atoms with Gasteiger partial charge in [0.2, 0.25) is 0 Å². The smallest absolute Gasteiger partial charge is 0.273 e. The van der Waals surface area contributed by atoms with Crippen LogP contribution in [0.5, 0.6) is 0 Å². The van der Waals surface area contributed by atoms with Crippen molar-refractivity contribution in [2.24, 2.45) is 11.1 Å². The number of hydrogen-bond donors (Lipinski definition) is 1. The molecule has 0 radical (unpaired) electrons. The van der Waals surface area contributed by atoms with E-state index in [0.29, 0.717) is 18.3 Å². The van der Waals surface area contributed by atoms with E-state index in [0.717, 1.165) is 18.0 Å². The summed E-state index contributed by atoms with van der Waals surface area (Å²) in [4.78, 5) is 18.9. The van der Waals surface area contributed by atoms with Crippen molar-refractivity contribution in [1.82, 2.24) is 9.88 Å². The predicted molar refractivity (Wildman–Crippen MR) is 86.8 cm³/mol. The molecule has 0 aliphatic heterocycles. The van der Waals surface area contributed by atoms with E-state index in [-0.39, 0.29) is 17.4 Å². The Bertz CT molecular complexity index is 539. The molecule has 2 atom stereocenters. The highest BCUT2D eigenvalue weighted by Crippen LogP contribution is 2.56. The summed E-state index contributed by atoms with van der Waals surface area (Å²) in [5.41, 5.74) is 6.29. The Morgan fingerprint density at radius 3 is 2.86 bits per heavy atom. The molecule has 0 aromatic carbocycles. The normalized spacial score (nSPS) is 26.1. The van der Waals surface area contributed by atoms with Gasteiger partial charge in [-0.15, -0.1) is 11.3 Å². The number of hydrogen-bond acceptors (Lipinski definition) is 5. The molecule has 2 fully saturated rings. The minimum atomic E-state index is 0.0159. The standard InChI is InChI=1S/C16H25N3O2S/c1-3-21-13-8-12(16(13)6-4-5-7-16)19(2)15(20)11-10-22-14(9-17)18-11/h10,12-13H,3-9,17H2,1-2H3. The highest BCUT2D eigenvalue weighted by Gasteiger charge is 2.58. The summed E-state index contributed by atoms with van der Waals surface area (Å²) >= 11 is 1.46. The topological polar surface area (TPSA) is 68.5 Å². The summed E-state index contributed by atoms with van der Waals surface area (Å²) in [7, 11) is 1.91. The fourth-order valence-corrected chi connectivity index (χ4v) is 4.87. The van der Waals surface area contributed by atoms with Crippen LogP contribution in [0.2, 0.25) is 0 Å². The van der Waals surface area contributed by atoms with Crippen molar-refractivity contribution in [3.63, 3.8) is 0 Å². The van der Waals surface area contributed by atoms with Crippen LogP contribution >= 0.6 is 11.3 Å². The van der Waals surface area contributed by atoms with Gasteiger partial charge < -0.3 is 15.4 Å². The Labute approximate surface area is 135 Å². The number of rotatable bonds is 5. The van der Waals surface area contributed by atoms with Gasteiger partial charge in [0, 0.05) is 37.0 Å². The van der Waals surface area contributed by atoms with Crippen LogP contribution in [0.25, 0.3) is 0 Å². The lowest BCUT2D eigenvalue weighted by Crippen LogP contribution is -2.64. The number of amides is 1. The minimum absolute atomic E-state index is 0.0159. The van der Waals surface area contributed by atoms with Crippen LogP contribution in [-0.4, -0.2) is 41.6 Å². The number of nitrogens with zero attached hydrogens (tertiary/aromatic N) is 2. The second kappa shape index (κ2) is 6.26. The summed E-state index contributed by atoms with van der Waals surface area (Å²) < 4.78 is 5.93. The molecule has 1 amide bonds. The van der Waals surface area contributed by atoms with E-state index in [4.69, 9.17) is 10.5 Å². The number of thiazole rings is 1. The lowest BCUT2D eigenvalue weighted by atomic mass is 9.60. The highest BCUT2D eigenvalue weighted by atomic mass is 32.1. The first kappa shape index (κ1) is 15.9. The van der Waals surface area contributed by atoms with Gasteiger partial charge in [0.1, 0.15) is 10.7 Å². The van der Waals surface area contributed by atoms with E-state index in [1.54, 1.807) is 0 Å². The average Bonchev–Trinajstić information content (AvgIpc) is 3.19. The zero-order valence-electron chi connectivity index (χ0n) is 13.4. The van der Waals surface area contributed by atoms with Crippen molar-refractivity contribution in [2.75, 3.05) is 13.7 Å². The molecule has 5 nitrogen and oxygen atoms in total. The Morgan fingerprint density at radius 1 is 1.55 bits per heavy atom. The van der Waals surface area contributed by atoms with Gasteiger partial charge in [-0.05, 0) is 26.2 Å². The second-order valence-corrected chi connectivity index (χ2v) is 7.33. The number of ether oxygens (including phenoxy) is 1. The molecule has 2 saturated carbocycles. The largest absolute Gasteiger partial charge is 0.378 e. The maximum Gasteiger partial charge on any atom is 0.273 e. The molecule has 0 bridgehead atoms. The van der Waals surface area contributed by atoms with Crippen LogP contribution in [0.15, 0.2) is 5.38 Å². The third-order valence-corrected chi connectivity index (χ3v) is 6.25.